The molecule has 0 bridgehead atoms. The van der Waals surface area contributed by atoms with Crippen molar-refractivity contribution in [3.8, 4) is 11.1 Å². The molecule has 3 aromatic rings. The van der Waals surface area contributed by atoms with Gasteiger partial charge in [-0.3, -0.25) is 4.79 Å². The van der Waals surface area contributed by atoms with Gasteiger partial charge in [-0.15, -0.1) is 0 Å². The number of hydrogen-bond acceptors (Lipinski definition) is 6. The standard InChI is InChI=1S/C25H24N2O7S/c28-23(26-34-24-7-3-4-16-33-24)13-8-18-14-15-27(17-18)35(31,32)20-11-9-19(10-12-20)21-5-1-2-6-22(21)25(29)30/h1-2,5-6,8-15,17,24H,3-4,7,16H2,(H,26,28)(H,29,30)/b13-8+. The minimum absolute atomic E-state index is 0.0406. The third-order valence-corrected chi connectivity index (χ3v) is 7.09. The molecule has 0 spiro atoms. The van der Waals surface area contributed by atoms with E-state index >= 15 is 0 Å². The molecule has 1 atom stereocenters. The van der Waals surface area contributed by atoms with Crippen LogP contribution >= 0.6 is 0 Å². The summed E-state index contributed by atoms with van der Waals surface area (Å²) in [6.45, 7) is 0.594. The molecule has 0 aliphatic carbocycles. The van der Waals surface area contributed by atoms with E-state index in [0.717, 1.165) is 16.8 Å². The summed E-state index contributed by atoms with van der Waals surface area (Å²) in [5, 5.41) is 9.39. The molecular formula is C25H24N2O7S. The quantitative estimate of drug-likeness (QED) is 0.360. The van der Waals surface area contributed by atoms with Crippen LogP contribution in [0.4, 0.5) is 0 Å². The van der Waals surface area contributed by atoms with E-state index in [1.807, 2.05) is 0 Å². The molecule has 2 aromatic carbocycles. The maximum atomic E-state index is 13.0. The second-order valence-corrected chi connectivity index (χ2v) is 9.71. The van der Waals surface area contributed by atoms with Gasteiger partial charge in [0.05, 0.1) is 10.5 Å². The van der Waals surface area contributed by atoms with E-state index < -0.39 is 28.2 Å². The zero-order valence-corrected chi connectivity index (χ0v) is 19.5. The van der Waals surface area contributed by atoms with Crippen molar-refractivity contribution in [2.45, 2.75) is 30.4 Å². The Kier molecular flexibility index (Phi) is 7.45. The second kappa shape index (κ2) is 10.7. The minimum Gasteiger partial charge on any atom is -0.478 e. The van der Waals surface area contributed by atoms with Gasteiger partial charge in [0.25, 0.3) is 15.9 Å². The summed E-state index contributed by atoms with van der Waals surface area (Å²) in [4.78, 5) is 28.7. The molecule has 2 heterocycles. The molecule has 1 aromatic heterocycles. The third-order valence-electron chi connectivity index (χ3n) is 5.44. The molecular weight excluding hydrogens is 472 g/mol. The monoisotopic (exact) mass is 496 g/mol. The first-order valence-electron chi connectivity index (χ1n) is 11.0. The lowest BCUT2D eigenvalue weighted by molar-refractivity contribution is -0.198. The summed E-state index contributed by atoms with van der Waals surface area (Å²) >= 11 is 0. The molecule has 0 radical (unpaired) electrons. The largest absolute Gasteiger partial charge is 0.478 e. The molecule has 1 fully saturated rings. The SMILES string of the molecule is O=C(/C=C/c1ccn(S(=O)(=O)c2ccc(-c3ccccc3C(=O)O)cc2)c1)NOC1CCCCO1. The van der Waals surface area contributed by atoms with Crippen LogP contribution in [-0.2, 0) is 24.4 Å². The van der Waals surface area contributed by atoms with Crippen LogP contribution in [0, 0.1) is 0 Å². The van der Waals surface area contributed by atoms with E-state index in [1.54, 1.807) is 36.4 Å². The lowest BCUT2D eigenvalue weighted by atomic mass is 10.00. The van der Waals surface area contributed by atoms with E-state index in [9.17, 15) is 23.1 Å². The molecule has 1 unspecified atom stereocenters. The number of aromatic nitrogens is 1. The molecule has 1 aliphatic heterocycles. The fourth-order valence-electron chi connectivity index (χ4n) is 3.62. The number of nitrogens with zero attached hydrogens (tertiary/aromatic N) is 1. The number of carbonyl (C=O) groups excluding carboxylic acids is 1. The van der Waals surface area contributed by atoms with Crippen LogP contribution in [0.5, 0.6) is 0 Å². The van der Waals surface area contributed by atoms with E-state index in [-0.39, 0.29) is 10.5 Å². The van der Waals surface area contributed by atoms with Crippen molar-refractivity contribution in [2.24, 2.45) is 0 Å². The number of carboxylic acid groups (broad SMARTS) is 1. The summed E-state index contributed by atoms with van der Waals surface area (Å²) in [6, 6.07) is 14.1. The number of aromatic carboxylic acids is 1. The Labute approximate surface area is 202 Å². The van der Waals surface area contributed by atoms with Crippen molar-refractivity contribution in [3.05, 3.63) is 84.2 Å². The Morgan fingerprint density at radius 2 is 1.86 bits per heavy atom. The Hall–Kier alpha value is -3.73. The zero-order valence-electron chi connectivity index (χ0n) is 18.7. The van der Waals surface area contributed by atoms with E-state index in [1.165, 1.54) is 42.7 Å². The molecule has 0 saturated carbocycles. The number of ether oxygens (including phenoxy) is 1. The third kappa shape index (κ3) is 5.86. The normalized spacial score (nSPS) is 16.3. The van der Waals surface area contributed by atoms with E-state index in [0.29, 0.717) is 29.7 Å². The fraction of sp³-hybridized carbons (Fsp3) is 0.200. The summed E-state index contributed by atoms with van der Waals surface area (Å²) in [6.07, 6.45) is 7.66. The smallest absolute Gasteiger partial charge is 0.336 e. The number of carbonyl (C=O) groups is 2. The summed E-state index contributed by atoms with van der Waals surface area (Å²) in [5.41, 5.74) is 4.02. The van der Waals surface area contributed by atoms with Crippen LogP contribution in [0.1, 0.15) is 35.2 Å². The van der Waals surface area contributed by atoms with Crippen LogP contribution in [0.15, 0.2) is 78.0 Å². The first-order chi connectivity index (χ1) is 16.8. The van der Waals surface area contributed by atoms with E-state index in [2.05, 4.69) is 5.48 Å². The Morgan fingerprint density at radius 1 is 1.09 bits per heavy atom. The number of rotatable bonds is 8. The van der Waals surface area contributed by atoms with Crippen LogP contribution < -0.4 is 5.48 Å². The van der Waals surface area contributed by atoms with Crippen LogP contribution in [0.2, 0.25) is 0 Å². The number of carboxylic acids is 1. The first kappa shape index (κ1) is 24.4. The van der Waals surface area contributed by atoms with Crippen LogP contribution in [0.3, 0.4) is 0 Å². The van der Waals surface area contributed by atoms with Gasteiger partial charge >= 0.3 is 5.97 Å². The van der Waals surface area contributed by atoms with Gasteiger partial charge in [0.15, 0.2) is 6.29 Å². The Bertz CT molecular complexity index is 1340. The maximum absolute atomic E-state index is 13.0. The lowest BCUT2D eigenvalue weighted by Gasteiger charge is -2.21. The minimum atomic E-state index is -3.88. The average molecular weight is 497 g/mol. The molecule has 9 nitrogen and oxygen atoms in total. The molecule has 1 saturated heterocycles. The molecule has 182 valence electrons. The van der Waals surface area contributed by atoms with Gasteiger partial charge < -0.3 is 9.84 Å². The number of amides is 1. The highest BCUT2D eigenvalue weighted by molar-refractivity contribution is 7.90. The second-order valence-electron chi connectivity index (χ2n) is 7.87. The van der Waals surface area contributed by atoms with Crippen molar-refractivity contribution in [1.29, 1.82) is 0 Å². The Morgan fingerprint density at radius 3 is 2.57 bits per heavy atom. The highest BCUT2D eigenvalue weighted by Crippen LogP contribution is 2.26. The van der Waals surface area contributed by atoms with E-state index in [4.69, 9.17) is 9.57 Å². The number of hydrogen-bond donors (Lipinski definition) is 2. The molecule has 1 aliphatic rings. The van der Waals surface area contributed by atoms with Gasteiger partial charge in [0.2, 0.25) is 0 Å². The average Bonchev–Trinajstić information content (AvgIpc) is 3.37. The highest BCUT2D eigenvalue weighted by atomic mass is 32.2. The zero-order chi connectivity index (χ0) is 24.8. The fourth-order valence-corrected chi connectivity index (χ4v) is 4.83. The van der Waals surface area contributed by atoms with Crippen LogP contribution in [-0.4, -0.2) is 42.3 Å². The first-order valence-corrected chi connectivity index (χ1v) is 12.4. The molecule has 2 N–H and O–H groups in total. The van der Waals surface area contributed by atoms with Crippen molar-refractivity contribution in [2.75, 3.05) is 6.61 Å². The highest BCUT2D eigenvalue weighted by Gasteiger charge is 2.18. The number of hydroxylamine groups is 1. The summed E-state index contributed by atoms with van der Waals surface area (Å²) in [5.74, 6) is -1.56. The summed E-state index contributed by atoms with van der Waals surface area (Å²) in [7, 11) is -3.88. The number of nitrogens with one attached hydrogen (secondary N) is 1. The predicted octanol–water partition coefficient (Wildman–Crippen LogP) is 3.68. The van der Waals surface area contributed by atoms with Gasteiger partial charge in [-0.25, -0.2) is 27.5 Å². The van der Waals surface area contributed by atoms with Crippen molar-refractivity contribution in [3.63, 3.8) is 0 Å². The number of benzene rings is 2. The van der Waals surface area contributed by atoms with Gasteiger partial charge in [0, 0.05) is 31.5 Å². The Balaban J connectivity index is 1.43. The van der Waals surface area contributed by atoms with Gasteiger partial charge in [0.1, 0.15) is 0 Å². The maximum Gasteiger partial charge on any atom is 0.336 e. The predicted molar refractivity (Wildman–Crippen MR) is 128 cm³/mol. The molecule has 4 rings (SSSR count). The van der Waals surface area contributed by atoms with Crippen LogP contribution in [0.25, 0.3) is 17.2 Å². The summed E-state index contributed by atoms with van der Waals surface area (Å²) < 4.78 is 32.5. The van der Waals surface area contributed by atoms with Crippen molar-refractivity contribution < 1.29 is 32.7 Å². The van der Waals surface area contributed by atoms with Gasteiger partial charge in [-0.1, -0.05) is 30.3 Å². The molecule has 35 heavy (non-hydrogen) atoms. The van der Waals surface area contributed by atoms with Crippen molar-refractivity contribution >= 4 is 28.0 Å². The van der Waals surface area contributed by atoms with Crippen molar-refractivity contribution in [1.82, 2.24) is 9.45 Å². The molecule has 10 heteroatoms. The lowest BCUT2D eigenvalue weighted by Crippen LogP contribution is -2.32. The molecule has 1 amide bonds. The topological polar surface area (TPSA) is 124 Å². The van der Waals surface area contributed by atoms with Gasteiger partial charge in [-0.2, -0.15) is 0 Å². The van der Waals surface area contributed by atoms with Gasteiger partial charge in [-0.05, 0) is 59.9 Å².